The third-order valence-electron chi connectivity index (χ3n) is 3.07. The Morgan fingerprint density at radius 2 is 2.10 bits per heavy atom. The van der Waals surface area contributed by atoms with E-state index < -0.39 is 6.10 Å². The molecule has 4 heteroatoms. The highest BCUT2D eigenvalue weighted by Gasteiger charge is 2.25. The zero-order valence-corrected chi connectivity index (χ0v) is 11.5. The summed E-state index contributed by atoms with van der Waals surface area (Å²) >= 11 is 0. The predicted octanol–water partition coefficient (Wildman–Crippen LogP) is 2.96. The third kappa shape index (κ3) is 3.15. The number of aliphatic hydroxyl groups is 1. The second-order valence-electron chi connectivity index (χ2n) is 4.62. The first-order valence-electron chi connectivity index (χ1n) is 6.40. The Balaban J connectivity index is 2.24. The van der Waals surface area contributed by atoms with E-state index >= 15 is 0 Å². The van der Waals surface area contributed by atoms with E-state index in [0.717, 1.165) is 5.56 Å². The van der Waals surface area contributed by atoms with Gasteiger partial charge in [-0.25, -0.2) is 0 Å². The predicted molar refractivity (Wildman–Crippen MR) is 77.6 cm³/mol. The van der Waals surface area contributed by atoms with Crippen molar-refractivity contribution in [3.05, 3.63) is 59.1 Å². The van der Waals surface area contributed by atoms with Gasteiger partial charge in [0.15, 0.2) is 12.4 Å². The molecule has 1 heterocycles. The minimum Gasteiger partial charge on any atom is -0.507 e. The number of aldehydes is 1. The number of hydrogen-bond acceptors (Lipinski definition) is 4. The smallest absolute Gasteiger partial charge is 0.183 e. The Kier molecular flexibility index (Phi) is 4.35. The quantitative estimate of drug-likeness (QED) is 0.676. The number of allylic oxidation sites excluding steroid dienone is 2. The van der Waals surface area contributed by atoms with Crippen LogP contribution in [0.1, 0.15) is 19.4 Å². The van der Waals surface area contributed by atoms with Crippen LogP contribution in [0.4, 0.5) is 0 Å². The van der Waals surface area contributed by atoms with Crippen molar-refractivity contribution < 1.29 is 14.6 Å². The number of rotatable bonds is 4. The van der Waals surface area contributed by atoms with Crippen molar-refractivity contribution in [3.8, 4) is 0 Å². The molecule has 0 radical (unpaired) electrons. The van der Waals surface area contributed by atoms with Gasteiger partial charge in [0.2, 0.25) is 0 Å². The summed E-state index contributed by atoms with van der Waals surface area (Å²) in [5.41, 5.74) is 2.10. The van der Waals surface area contributed by atoms with Gasteiger partial charge in [-0.3, -0.25) is 9.79 Å². The summed E-state index contributed by atoms with van der Waals surface area (Å²) in [6, 6.07) is 9.79. The van der Waals surface area contributed by atoms with E-state index in [0.29, 0.717) is 29.9 Å². The highest BCUT2D eigenvalue weighted by Crippen LogP contribution is 2.22. The fourth-order valence-electron chi connectivity index (χ4n) is 2.07. The molecule has 1 aromatic rings. The summed E-state index contributed by atoms with van der Waals surface area (Å²) in [6.07, 6.45) is 1.38. The number of carbonyl (C=O) groups is 1. The highest BCUT2D eigenvalue weighted by atomic mass is 16.5. The molecule has 1 unspecified atom stereocenters. The number of nitrogens with zero attached hydrogens (tertiary/aromatic N) is 1. The van der Waals surface area contributed by atoms with Crippen molar-refractivity contribution in [2.24, 2.45) is 4.99 Å². The van der Waals surface area contributed by atoms with E-state index in [1.54, 1.807) is 13.8 Å². The normalized spacial score (nSPS) is 19.4. The van der Waals surface area contributed by atoms with Crippen LogP contribution in [0.25, 0.3) is 0 Å². The van der Waals surface area contributed by atoms with E-state index in [1.165, 1.54) is 6.08 Å². The fourth-order valence-corrected chi connectivity index (χ4v) is 2.07. The first kappa shape index (κ1) is 14.1. The zero-order valence-electron chi connectivity index (χ0n) is 11.5. The first-order chi connectivity index (χ1) is 9.61. The van der Waals surface area contributed by atoms with Gasteiger partial charge >= 0.3 is 0 Å². The minimum absolute atomic E-state index is 0.0418. The van der Waals surface area contributed by atoms with Gasteiger partial charge < -0.3 is 9.84 Å². The molecule has 1 aromatic carbocycles. The SMILES string of the molecule is CC1=CC(O)=C(C(C)=NCc2ccccc2)C(C=O)O1. The molecule has 0 aromatic heterocycles. The number of aliphatic imine (C=N–C) groups is 1. The third-order valence-corrected chi connectivity index (χ3v) is 3.07. The van der Waals surface area contributed by atoms with Crippen molar-refractivity contribution in [2.75, 3.05) is 0 Å². The van der Waals surface area contributed by atoms with Crippen LogP contribution in [0.3, 0.4) is 0 Å². The van der Waals surface area contributed by atoms with E-state index in [9.17, 15) is 9.90 Å². The Morgan fingerprint density at radius 1 is 1.40 bits per heavy atom. The molecule has 20 heavy (non-hydrogen) atoms. The molecule has 0 bridgehead atoms. The van der Waals surface area contributed by atoms with Gasteiger partial charge in [0.25, 0.3) is 0 Å². The van der Waals surface area contributed by atoms with Gasteiger partial charge in [0.05, 0.1) is 17.9 Å². The summed E-state index contributed by atoms with van der Waals surface area (Å²) in [4.78, 5) is 15.5. The average Bonchev–Trinajstić information content (AvgIpc) is 2.45. The van der Waals surface area contributed by atoms with Gasteiger partial charge in [-0.05, 0) is 19.4 Å². The van der Waals surface area contributed by atoms with Crippen molar-refractivity contribution in [2.45, 2.75) is 26.5 Å². The van der Waals surface area contributed by atoms with E-state index in [-0.39, 0.29) is 5.76 Å². The van der Waals surface area contributed by atoms with Crippen molar-refractivity contribution >= 4 is 12.0 Å². The van der Waals surface area contributed by atoms with Gasteiger partial charge in [0, 0.05) is 11.8 Å². The monoisotopic (exact) mass is 271 g/mol. The fraction of sp³-hybridized carbons (Fsp3) is 0.250. The lowest BCUT2D eigenvalue weighted by Crippen LogP contribution is -2.26. The van der Waals surface area contributed by atoms with Crippen LogP contribution >= 0.6 is 0 Å². The number of ether oxygens (including phenoxy) is 1. The average molecular weight is 271 g/mol. The standard InChI is InChI=1S/C16H17NO3/c1-11-8-14(19)16(15(10-18)20-11)12(2)17-9-13-6-4-3-5-7-13/h3-8,10,15,19H,9H2,1-2H3. The largest absolute Gasteiger partial charge is 0.507 e. The molecule has 1 aliphatic heterocycles. The number of carbonyl (C=O) groups excluding carboxylic acids is 1. The highest BCUT2D eigenvalue weighted by molar-refractivity contribution is 6.03. The minimum atomic E-state index is -0.792. The molecule has 0 saturated heterocycles. The van der Waals surface area contributed by atoms with Gasteiger partial charge in [0.1, 0.15) is 5.76 Å². The van der Waals surface area contributed by atoms with Crippen LogP contribution in [-0.4, -0.2) is 23.2 Å². The van der Waals surface area contributed by atoms with Gasteiger partial charge in [-0.2, -0.15) is 0 Å². The van der Waals surface area contributed by atoms with Crippen molar-refractivity contribution in [1.82, 2.24) is 0 Å². The van der Waals surface area contributed by atoms with Crippen LogP contribution in [-0.2, 0) is 16.1 Å². The number of benzene rings is 1. The summed E-state index contributed by atoms with van der Waals surface area (Å²) in [7, 11) is 0. The molecule has 4 nitrogen and oxygen atoms in total. The van der Waals surface area contributed by atoms with Crippen LogP contribution in [0.2, 0.25) is 0 Å². The molecule has 0 spiro atoms. The molecule has 0 aliphatic carbocycles. The Labute approximate surface area is 118 Å². The van der Waals surface area contributed by atoms with Crippen LogP contribution in [0.15, 0.2) is 58.5 Å². The number of aliphatic hydroxyl groups excluding tert-OH is 1. The Hall–Kier alpha value is -2.36. The molecule has 1 atom stereocenters. The molecular formula is C16H17NO3. The first-order valence-corrected chi connectivity index (χ1v) is 6.40. The maximum Gasteiger partial charge on any atom is 0.183 e. The summed E-state index contributed by atoms with van der Waals surface area (Å²) in [5.74, 6) is 0.555. The van der Waals surface area contributed by atoms with Crippen molar-refractivity contribution in [3.63, 3.8) is 0 Å². The lowest BCUT2D eigenvalue weighted by Gasteiger charge is -2.22. The molecule has 1 aliphatic rings. The van der Waals surface area contributed by atoms with Gasteiger partial charge in [-0.1, -0.05) is 30.3 Å². The maximum atomic E-state index is 11.1. The van der Waals surface area contributed by atoms with Crippen LogP contribution in [0.5, 0.6) is 0 Å². The molecule has 0 fully saturated rings. The summed E-state index contributed by atoms with van der Waals surface area (Å²) < 4.78 is 5.39. The summed E-state index contributed by atoms with van der Waals surface area (Å²) in [6.45, 7) is 3.96. The van der Waals surface area contributed by atoms with E-state index in [4.69, 9.17) is 4.74 Å². The Morgan fingerprint density at radius 3 is 2.75 bits per heavy atom. The maximum absolute atomic E-state index is 11.1. The van der Waals surface area contributed by atoms with E-state index in [1.807, 2.05) is 30.3 Å². The molecule has 1 N–H and O–H groups in total. The van der Waals surface area contributed by atoms with Gasteiger partial charge in [-0.15, -0.1) is 0 Å². The lowest BCUT2D eigenvalue weighted by molar-refractivity contribution is -0.114. The second-order valence-corrected chi connectivity index (χ2v) is 4.62. The molecule has 0 amide bonds. The number of hydrogen-bond donors (Lipinski definition) is 1. The van der Waals surface area contributed by atoms with Crippen LogP contribution < -0.4 is 0 Å². The topological polar surface area (TPSA) is 58.9 Å². The molecule has 104 valence electrons. The van der Waals surface area contributed by atoms with E-state index in [2.05, 4.69) is 4.99 Å². The van der Waals surface area contributed by atoms with Crippen molar-refractivity contribution in [1.29, 1.82) is 0 Å². The second kappa shape index (κ2) is 6.19. The lowest BCUT2D eigenvalue weighted by atomic mass is 10.0. The summed E-state index contributed by atoms with van der Waals surface area (Å²) in [5, 5.41) is 9.99. The molecule has 0 saturated carbocycles. The van der Waals surface area contributed by atoms with Crippen LogP contribution in [0, 0.1) is 0 Å². The molecular weight excluding hydrogens is 254 g/mol. The zero-order chi connectivity index (χ0) is 14.5. The molecule has 2 rings (SSSR count). The Bertz CT molecular complexity index is 585.